The number of hydrogen-bond acceptors (Lipinski definition) is 5. The molecule has 6 heteroatoms. The number of rotatable bonds is 6. The smallest absolute Gasteiger partial charge is 0.227 e. The third-order valence-electron chi connectivity index (χ3n) is 3.17. The maximum atomic E-state index is 5.78. The number of ether oxygens (including phenoxy) is 1. The standard InChI is InChI=1S/C15H19ClN4O/c1-10(7-17-2)11-4-5-13(14(6-11)21-3)20-15-18-8-12(16)9-19-15/h4-6,8-10,17H,7H2,1-3H3,(H,18,19,20). The first-order chi connectivity index (χ1) is 10.1. The summed E-state index contributed by atoms with van der Waals surface area (Å²) in [5.41, 5.74) is 2.03. The predicted molar refractivity (Wildman–Crippen MR) is 85.7 cm³/mol. The fourth-order valence-corrected chi connectivity index (χ4v) is 2.14. The van der Waals surface area contributed by atoms with Crippen molar-refractivity contribution in [1.29, 1.82) is 0 Å². The highest BCUT2D eigenvalue weighted by molar-refractivity contribution is 6.30. The van der Waals surface area contributed by atoms with E-state index in [-0.39, 0.29) is 0 Å². The Balaban J connectivity index is 2.21. The highest BCUT2D eigenvalue weighted by atomic mass is 35.5. The lowest BCUT2D eigenvalue weighted by Gasteiger charge is -2.15. The van der Waals surface area contributed by atoms with Crippen LogP contribution in [0.2, 0.25) is 5.02 Å². The number of anilines is 2. The molecule has 1 aromatic heterocycles. The molecule has 0 amide bonds. The average Bonchev–Trinajstić information content (AvgIpc) is 2.50. The van der Waals surface area contributed by atoms with Gasteiger partial charge in [-0.05, 0) is 30.7 Å². The summed E-state index contributed by atoms with van der Waals surface area (Å²) in [7, 11) is 3.59. The molecule has 0 aliphatic heterocycles. The summed E-state index contributed by atoms with van der Waals surface area (Å²) in [6.07, 6.45) is 3.10. The van der Waals surface area contributed by atoms with Gasteiger partial charge in [0.2, 0.25) is 5.95 Å². The van der Waals surface area contributed by atoms with Gasteiger partial charge in [-0.25, -0.2) is 9.97 Å². The Kier molecular flexibility index (Phi) is 5.36. The Morgan fingerprint density at radius 2 is 2.00 bits per heavy atom. The molecule has 0 spiro atoms. The Labute approximate surface area is 129 Å². The van der Waals surface area contributed by atoms with Crippen molar-refractivity contribution < 1.29 is 4.74 Å². The zero-order valence-electron chi connectivity index (χ0n) is 12.4. The number of methoxy groups -OCH3 is 1. The van der Waals surface area contributed by atoms with Gasteiger partial charge in [-0.3, -0.25) is 0 Å². The van der Waals surface area contributed by atoms with Gasteiger partial charge in [0.15, 0.2) is 0 Å². The molecule has 2 rings (SSSR count). The van der Waals surface area contributed by atoms with Crippen LogP contribution in [0.5, 0.6) is 5.75 Å². The lowest BCUT2D eigenvalue weighted by Crippen LogP contribution is -2.14. The highest BCUT2D eigenvalue weighted by Crippen LogP contribution is 2.30. The van der Waals surface area contributed by atoms with Crippen molar-refractivity contribution in [3.8, 4) is 5.75 Å². The van der Waals surface area contributed by atoms with E-state index in [1.807, 2.05) is 19.2 Å². The van der Waals surface area contributed by atoms with Crippen molar-refractivity contribution in [2.45, 2.75) is 12.8 Å². The molecule has 0 radical (unpaired) electrons. The fourth-order valence-electron chi connectivity index (χ4n) is 2.04. The van der Waals surface area contributed by atoms with Gasteiger partial charge in [0.05, 0.1) is 30.2 Å². The minimum atomic E-state index is 0.407. The van der Waals surface area contributed by atoms with E-state index in [0.717, 1.165) is 18.0 Å². The Morgan fingerprint density at radius 3 is 2.62 bits per heavy atom. The molecule has 1 heterocycles. The molecule has 112 valence electrons. The molecular formula is C15H19ClN4O. The predicted octanol–water partition coefficient (Wildman–Crippen LogP) is 3.21. The minimum absolute atomic E-state index is 0.407. The van der Waals surface area contributed by atoms with Gasteiger partial charge in [-0.2, -0.15) is 0 Å². The number of aromatic nitrogens is 2. The Hall–Kier alpha value is -1.85. The Morgan fingerprint density at radius 1 is 1.29 bits per heavy atom. The number of nitrogens with one attached hydrogen (secondary N) is 2. The van der Waals surface area contributed by atoms with Gasteiger partial charge in [0.25, 0.3) is 0 Å². The van der Waals surface area contributed by atoms with E-state index in [2.05, 4.69) is 33.6 Å². The van der Waals surface area contributed by atoms with Crippen molar-refractivity contribution in [2.75, 3.05) is 26.0 Å². The molecule has 1 atom stereocenters. The number of benzene rings is 1. The maximum Gasteiger partial charge on any atom is 0.227 e. The summed E-state index contributed by atoms with van der Waals surface area (Å²) in [6.45, 7) is 3.08. The molecule has 0 aliphatic rings. The van der Waals surface area contributed by atoms with Crippen LogP contribution in [-0.2, 0) is 0 Å². The van der Waals surface area contributed by atoms with Crippen LogP contribution in [0, 0.1) is 0 Å². The number of hydrogen-bond donors (Lipinski definition) is 2. The lowest BCUT2D eigenvalue weighted by atomic mass is 10.0. The summed E-state index contributed by atoms with van der Waals surface area (Å²) in [5.74, 6) is 1.65. The largest absolute Gasteiger partial charge is 0.495 e. The maximum absolute atomic E-state index is 5.78. The second kappa shape index (κ2) is 7.24. The van der Waals surface area contributed by atoms with E-state index < -0.39 is 0 Å². The van der Waals surface area contributed by atoms with Crippen LogP contribution in [0.4, 0.5) is 11.6 Å². The molecule has 0 aliphatic carbocycles. The van der Waals surface area contributed by atoms with Crippen molar-refractivity contribution in [1.82, 2.24) is 15.3 Å². The van der Waals surface area contributed by atoms with Crippen LogP contribution < -0.4 is 15.4 Å². The van der Waals surface area contributed by atoms with Crippen molar-refractivity contribution >= 4 is 23.2 Å². The first-order valence-corrected chi connectivity index (χ1v) is 7.09. The van der Waals surface area contributed by atoms with Gasteiger partial charge in [-0.15, -0.1) is 0 Å². The van der Waals surface area contributed by atoms with Crippen molar-refractivity contribution in [3.63, 3.8) is 0 Å². The van der Waals surface area contributed by atoms with E-state index in [4.69, 9.17) is 16.3 Å². The van der Waals surface area contributed by atoms with Crippen molar-refractivity contribution in [2.24, 2.45) is 0 Å². The van der Waals surface area contributed by atoms with Crippen LogP contribution in [0.3, 0.4) is 0 Å². The van der Waals surface area contributed by atoms with Crippen LogP contribution in [0.25, 0.3) is 0 Å². The van der Waals surface area contributed by atoms with E-state index in [0.29, 0.717) is 16.9 Å². The molecule has 0 saturated carbocycles. The molecule has 2 aromatic rings. The van der Waals surface area contributed by atoms with E-state index in [1.165, 1.54) is 5.56 Å². The molecule has 21 heavy (non-hydrogen) atoms. The first kappa shape index (κ1) is 15.5. The topological polar surface area (TPSA) is 59.1 Å². The second-order valence-corrected chi connectivity index (χ2v) is 5.20. The summed E-state index contributed by atoms with van der Waals surface area (Å²) >= 11 is 5.78. The summed E-state index contributed by atoms with van der Waals surface area (Å²) in [4.78, 5) is 8.23. The summed E-state index contributed by atoms with van der Waals surface area (Å²) in [6, 6.07) is 6.07. The normalized spacial score (nSPS) is 12.0. The van der Waals surface area contributed by atoms with Crippen LogP contribution in [0.1, 0.15) is 18.4 Å². The van der Waals surface area contributed by atoms with Gasteiger partial charge < -0.3 is 15.4 Å². The number of halogens is 1. The van der Waals surface area contributed by atoms with E-state index in [1.54, 1.807) is 19.5 Å². The molecular weight excluding hydrogens is 288 g/mol. The van der Waals surface area contributed by atoms with E-state index >= 15 is 0 Å². The summed E-state index contributed by atoms with van der Waals surface area (Å²) < 4.78 is 5.45. The molecule has 0 fully saturated rings. The molecule has 2 N–H and O–H groups in total. The minimum Gasteiger partial charge on any atom is -0.495 e. The third-order valence-corrected chi connectivity index (χ3v) is 3.37. The SMILES string of the molecule is CNCC(C)c1ccc(Nc2ncc(Cl)cn2)c(OC)c1. The van der Waals surface area contributed by atoms with E-state index in [9.17, 15) is 0 Å². The van der Waals surface area contributed by atoms with Gasteiger partial charge >= 0.3 is 0 Å². The lowest BCUT2D eigenvalue weighted by molar-refractivity contribution is 0.416. The van der Waals surface area contributed by atoms with Crippen LogP contribution in [-0.4, -0.2) is 30.7 Å². The molecule has 5 nitrogen and oxygen atoms in total. The van der Waals surface area contributed by atoms with Gasteiger partial charge in [0.1, 0.15) is 5.75 Å². The highest BCUT2D eigenvalue weighted by Gasteiger charge is 2.10. The monoisotopic (exact) mass is 306 g/mol. The third kappa shape index (κ3) is 4.06. The summed E-state index contributed by atoms with van der Waals surface area (Å²) in [5, 5.41) is 6.81. The second-order valence-electron chi connectivity index (χ2n) is 4.77. The van der Waals surface area contributed by atoms with Crippen LogP contribution in [0.15, 0.2) is 30.6 Å². The first-order valence-electron chi connectivity index (χ1n) is 6.71. The van der Waals surface area contributed by atoms with Gasteiger partial charge in [0, 0.05) is 6.54 Å². The van der Waals surface area contributed by atoms with Crippen molar-refractivity contribution in [3.05, 3.63) is 41.2 Å². The average molecular weight is 307 g/mol. The zero-order valence-corrected chi connectivity index (χ0v) is 13.1. The number of likely N-dealkylation sites (N-methyl/N-ethyl adjacent to an activating group) is 1. The number of nitrogens with zero attached hydrogens (tertiary/aromatic N) is 2. The molecule has 0 saturated heterocycles. The van der Waals surface area contributed by atoms with Gasteiger partial charge in [-0.1, -0.05) is 24.6 Å². The molecule has 1 aromatic carbocycles. The zero-order chi connectivity index (χ0) is 15.2. The fraction of sp³-hybridized carbons (Fsp3) is 0.333. The Bertz CT molecular complexity index is 589. The molecule has 0 bridgehead atoms. The molecule has 1 unspecified atom stereocenters. The van der Waals surface area contributed by atoms with Crippen LogP contribution >= 0.6 is 11.6 Å². The quantitative estimate of drug-likeness (QED) is 0.858.